The summed E-state index contributed by atoms with van der Waals surface area (Å²) in [5.74, 6) is 0.241. The predicted molar refractivity (Wildman–Crippen MR) is 105 cm³/mol. The van der Waals surface area contributed by atoms with Gasteiger partial charge in [0.2, 0.25) is 5.91 Å². The Balaban J connectivity index is 1.50. The first-order valence-electron chi connectivity index (χ1n) is 9.87. The predicted octanol–water partition coefficient (Wildman–Crippen LogP) is 2.32. The molecule has 5 nitrogen and oxygen atoms in total. The van der Waals surface area contributed by atoms with Gasteiger partial charge in [-0.1, -0.05) is 36.8 Å². The van der Waals surface area contributed by atoms with Gasteiger partial charge in [0.15, 0.2) is 0 Å². The van der Waals surface area contributed by atoms with Crippen LogP contribution in [0.1, 0.15) is 36.0 Å². The lowest BCUT2D eigenvalue weighted by atomic mass is 9.97. The molecule has 0 radical (unpaired) electrons. The zero-order valence-electron chi connectivity index (χ0n) is 15.9. The highest BCUT2D eigenvalue weighted by Crippen LogP contribution is 2.24. The van der Waals surface area contributed by atoms with Crippen LogP contribution in [0.5, 0.6) is 0 Å². The lowest BCUT2D eigenvalue weighted by Gasteiger charge is -2.39. The van der Waals surface area contributed by atoms with Gasteiger partial charge in [-0.2, -0.15) is 0 Å². The summed E-state index contributed by atoms with van der Waals surface area (Å²) in [5.41, 5.74) is 3.47. The fourth-order valence-corrected chi connectivity index (χ4v) is 4.32. The third-order valence-corrected chi connectivity index (χ3v) is 5.86. The number of fused-ring (bicyclic) bond motifs is 1. The molecular formula is C22H27N3O2. The first-order valence-corrected chi connectivity index (χ1v) is 9.87. The van der Waals surface area contributed by atoms with E-state index in [9.17, 15) is 9.59 Å². The second-order valence-electron chi connectivity index (χ2n) is 7.75. The molecule has 2 aromatic rings. The van der Waals surface area contributed by atoms with Gasteiger partial charge in [-0.25, -0.2) is 0 Å². The zero-order chi connectivity index (χ0) is 18.8. The molecule has 0 bridgehead atoms. The monoisotopic (exact) mass is 365 g/mol. The fraction of sp³-hybridized carbons (Fsp3) is 0.455. The first-order chi connectivity index (χ1) is 13.1. The van der Waals surface area contributed by atoms with Gasteiger partial charge in [-0.15, -0.1) is 0 Å². The van der Waals surface area contributed by atoms with E-state index in [1.54, 1.807) is 17.7 Å². The summed E-state index contributed by atoms with van der Waals surface area (Å²) >= 11 is 0. The van der Waals surface area contributed by atoms with E-state index in [-0.39, 0.29) is 17.5 Å². The molecule has 0 spiro atoms. The second-order valence-corrected chi connectivity index (χ2v) is 7.75. The van der Waals surface area contributed by atoms with Gasteiger partial charge in [0.05, 0.1) is 6.04 Å². The molecule has 0 saturated carbocycles. The number of benzene rings is 1. The SMILES string of the molecule is Cn1cc2c(cc1=O)CCN(C(=O)C1CCCCN1Cc1ccccc1)C2. The molecule has 1 fully saturated rings. The van der Waals surface area contributed by atoms with Gasteiger partial charge >= 0.3 is 0 Å². The van der Waals surface area contributed by atoms with Crippen LogP contribution in [0.4, 0.5) is 0 Å². The Kier molecular flexibility index (Phi) is 5.12. The van der Waals surface area contributed by atoms with Crippen LogP contribution in [0.15, 0.2) is 47.4 Å². The number of aryl methyl sites for hydroxylation is 1. The first kappa shape index (κ1) is 18.0. The number of carbonyl (C=O) groups is 1. The van der Waals surface area contributed by atoms with Gasteiger partial charge in [-0.3, -0.25) is 14.5 Å². The van der Waals surface area contributed by atoms with E-state index in [0.29, 0.717) is 13.1 Å². The van der Waals surface area contributed by atoms with Gasteiger partial charge in [0.1, 0.15) is 0 Å². The molecule has 4 rings (SSSR count). The number of hydrogen-bond donors (Lipinski definition) is 0. The Morgan fingerprint density at radius 2 is 1.93 bits per heavy atom. The average molecular weight is 365 g/mol. The van der Waals surface area contributed by atoms with Crippen molar-refractivity contribution in [2.45, 2.75) is 44.8 Å². The van der Waals surface area contributed by atoms with Crippen LogP contribution < -0.4 is 5.56 Å². The van der Waals surface area contributed by atoms with Crippen molar-refractivity contribution in [3.05, 3.63) is 69.6 Å². The topological polar surface area (TPSA) is 45.6 Å². The van der Waals surface area contributed by atoms with E-state index in [4.69, 9.17) is 0 Å². The van der Waals surface area contributed by atoms with E-state index in [0.717, 1.165) is 49.9 Å². The summed E-state index contributed by atoms with van der Waals surface area (Å²) in [6.07, 6.45) is 5.85. The molecule has 1 amide bonds. The van der Waals surface area contributed by atoms with Gasteiger partial charge in [0, 0.05) is 38.9 Å². The molecule has 3 heterocycles. The fourth-order valence-electron chi connectivity index (χ4n) is 4.32. The van der Waals surface area contributed by atoms with E-state index in [1.807, 2.05) is 17.2 Å². The van der Waals surface area contributed by atoms with Crippen molar-refractivity contribution in [1.29, 1.82) is 0 Å². The summed E-state index contributed by atoms with van der Waals surface area (Å²) in [4.78, 5) is 29.5. The number of rotatable bonds is 3. The summed E-state index contributed by atoms with van der Waals surface area (Å²) < 4.78 is 1.61. The van der Waals surface area contributed by atoms with Crippen LogP contribution in [0.3, 0.4) is 0 Å². The number of carbonyl (C=O) groups excluding carboxylic acids is 1. The van der Waals surface area contributed by atoms with Crippen molar-refractivity contribution in [1.82, 2.24) is 14.4 Å². The molecule has 142 valence electrons. The largest absolute Gasteiger partial charge is 0.337 e. The molecule has 0 aliphatic carbocycles. The molecule has 1 aromatic heterocycles. The molecule has 5 heteroatoms. The second kappa shape index (κ2) is 7.69. The van der Waals surface area contributed by atoms with E-state index >= 15 is 0 Å². The van der Waals surface area contributed by atoms with Crippen LogP contribution in [-0.2, 0) is 31.4 Å². The summed E-state index contributed by atoms with van der Waals surface area (Å²) in [7, 11) is 1.77. The van der Waals surface area contributed by atoms with Crippen molar-refractivity contribution in [2.75, 3.05) is 13.1 Å². The van der Waals surface area contributed by atoms with Crippen molar-refractivity contribution in [3.63, 3.8) is 0 Å². The minimum Gasteiger partial charge on any atom is -0.337 e. The normalized spacial score (nSPS) is 20.3. The molecule has 1 saturated heterocycles. The zero-order valence-corrected chi connectivity index (χ0v) is 15.9. The number of hydrogen-bond acceptors (Lipinski definition) is 3. The minimum absolute atomic E-state index is 0.0230. The summed E-state index contributed by atoms with van der Waals surface area (Å²) in [6.45, 7) is 3.12. The number of nitrogens with zero attached hydrogens (tertiary/aromatic N) is 3. The van der Waals surface area contributed by atoms with E-state index in [2.05, 4.69) is 29.2 Å². The van der Waals surface area contributed by atoms with Gasteiger partial charge in [0.25, 0.3) is 5.56 Å². The van der Waals surface area contributed by atoms with Crippen LogP contribution in [0, 0.1) is 0 Å². The van der Waals surface area contributed by atoms with Crippen molar-refractivity contribution in [2.24, 2.45) is 7.05 Å². The molecule has 1 atom stereocenters. The molecule has 27 heavy (non-hydrogen) atoms. The number of piperidine rings is 1. The van der Waals surface area contributed by atoms with Crippen LogP contribution in [-0.4, -0.2) is 39.4 Å². The Morgan fingerprint density at radius 3 is 2.74 bits per heavy atom. The van der Waals surface area contributed by atoms with Crippen molar-refractivity contribution >= 4 is 5.91 Å². The van der Waals surface area contributed by atoms with Crippen LogP contribution >= 0.6 is 0 Å². The lowest BCUT2D eigenvalue weighted by molar-refractivity contribution is -0.139. The lowest BCUT2D eigenvalue weighted by Crippen LogP contribution is -2.51. The highest BCUT2D eigenvalue weighted by molar-refractivity contribution is 5.82. The maximum Gasteiger partial charge on any atom is 0.250 e. The Bertz CT molecular complexity index is 875. The van der Waals surface area contributed by atoms with E-state index < -0.39 is 0 Å². The van der Waals surface area contributed by atoms with E-state index in [1.165, 1.54) is 5.56 Å². The number of likely N-dealkylation sites (tertiary alicyclic amines) is 1. The Hall–Kier alpha value is -2.40. The minimum atomic E-state index is -0.0342. The van der Waals surface area contributed by atoms with Gasteiger partial charge < -0.3 is 9.47 Å². The van der Waals surface area contributed by atoms with Crippen LogP contribution in [0.2, 0.25) is 0 Å². The number of aromatic nitrogens is 1. The maximum atomic E-state index is 13.3. The highest BCUT2D eigenvalue weighted by atomic mass is 16.2. The number of pyridine rings is 1. The Morgan fingerprint density at radius 1 is 1.11 bits per heavy atom. The molecule has 2 aliphatic rings. The smallest absolute Gasteiger partial charge is 0.250 e. The van der Waals surface area contributed by atoms with Crippen molar-refractivity contribution in [3.8, 4) is 0 Å². The molecule has 1 aromatic carbocycles. The molecule has 1 unspecified atom stereocenters. The maximum absolute atomic E-state index is 13.3. The highest BCUT2D eigenvalue weighted by Gasteiger charge is 2.33. The standard InChI is InChI=1S/C22H27N3O2/c1-23-15-19-16-25(12-10-18(19)13-21(23)26)22(27)20-9-5-6-11-24(20)14-17-7-3-2-4-8-17/h2-4,7-8,13,15,20H,5-6,9-12,14,16H2,1H3. The third kappa shape index (κ3) is 3.83. The average Bonchev–Trinajstić information content (AvgIpc) is 2.69. The Labute approximate surface area is 160 Å². The number of amides is 1. The molecule has 2 aliphatic heterocycles. The third-order valence-electron chi connectivity index (χ3n) is 5.86. The summed E-state index contributed by atoms with van der Waals surface area (Å²) in [6, 6.07) is 12.1. The quantitative estimate of drug-likeness (QED) is 0.839. The molecular weight excluding hydrogens is 338 g/mol. The summed E-state index contributed by atoms with van der Waals surface area (Å²) in [5, 5.41) is 0. The van der Waals surface area contributed by atoms with Crippen LogP contribution in [0.25, 0.3) is 0 Å². The molecule has 0 N–H and O–H groups in total. The van der Waals surface area contributed by atoms with Crippen molar-refractivity contribution < 1.29 is 4.79 Å². The van der Waals surface area contributed by atoms with Gasteiger partial charge in [-0.05, 0) is 42.5 Å².